The molecule has 1 aliphatic carbocycles. The number of rotatable bonds is 3. The van der Waals surface area contributed by atoms with Gasteiger partial charge in [0.05, 0.1) is 11.8 Å². The number of amides is 1. The summed E-state index contributed by atoms with van der Waals surface area (Å²) >= 11 is 3.33. The Bertz CT molecular complexity index is 527. The number of carbonyl (C=O) groups excluding carboxylic acids is 1. The smallest absolute Gasteiger partial charge is 0.307 e. The van der Waals surface area contributed by atoms with Gasteiger partial charge in [-0.05, 0) is 31.0 Å². The van der Waals surface area contributed by atoms with Crippen molar-refractivity contribution < 1.29 is 14.7 Å². The molecule has 0 heterocycles. The Labute approximate surface area is 119 Å². The van der Waals surface area contributed by atoms with Gasteiger partial charge in [0.2, 0.25) is 5.91 Å². The summed E-state index contributed by atoms with van der Waals surface area (Å²) in [5.74, 6) is -2.31. The van der Waals surface area contributed by atoms with E-state index in [9.17, 15) is 9.59 Å². The summed E-state index contributed by atoms with van der Waals surface area (Å²) in [6.07, 6.45) is 4.56. The third-order valence-electron chi connectivity index (χ3n) is 3.18. The number of carboxylic acids is 1. The fraction of sp³-hybridized carbons (Fsp3) is 0.286. The third-order valence-corrected chi connectivity index (χ3v) is 3.67. The minimum atomic E-state index is -0.918. The van der Waals surface area contributed by atoms with Crippen molar-refractivity contribution in [3.63, 3.8) is 0 Å². The minimum absolute atomic E-state index is 0.241. The highest BCUT2D eigenvalue weighted by molar-refractivity contribution is 9.10. The molecule has 100 valence electrons. The molecule has 19 heavy (non-hydrogen) atoms. The number of benzene rings is 1. The van der Waals surface area contributed by atoms with Crippen LogP contribution in [0.25, 0.3) is 0 Å². The summed E-state index contributed by atoms with van der Waals surface area (Å²) in [5, 5.41) is 11.9. The second kappa shape index (κ2) is 6.02. The van der Waals surface area contributed by atoms with Crippen LogP contribution < -0.4 is 5.32 Å². The zero-order valence-corrected chi connectivity index (χ0v) is 11.8. The van der Waals surface area contributed by atoms with Crippen molar-refractivity contribution in [2.45, 2.75) is 12.8 Å². The monoisotopic (exact) mass is 323 g/mol. The Hall–Kier alpha value is -1.62. The first-order chi connectivity index (χ1) is 9.08. The molecule has 0 spiro atoms. The third kappa shape index (κ3) is 3.44. The molecule has 2 rings (SSSR count). The summed E-state index contributed by atoms with van der Waals surface area (Å²) in [7, 11) is 0. The Morgan fingerprint density at radius 2 is 1.89 bits per heavy atom. The molecule has 2 N–H and O–H groups in total. The van der Waals surface area contributed by atoms with Crippen molar-refractivity contribution in [3.8, 4) is 0 Å². The molecule has 0 saturated carbocycles. The first kappa shape index (κ1) is 13.8. The van der Waals surface area contributed by atoms with Gasteiger partial charge in [-0.15, -0.1) is 0 Å². The van der Waals surface area contributed by atoms with Crippen molar-refractivity contribution in [2.24, 2.45) is 11.8 Å². The van der Waals surface area contributed by atoms with Crippen LogP contribution in [0.5, 0.6) is 0 Å². The fourth-order valence-electron chi connectivity index (χ4n) is 2.18. The van der Waals surface area contributed by atoms with Crippen LogP contribution in [0.3, 0.4) is 0 Å². The number of aliphatic carboxylic acids is 1. The summed E-state index contributed by atoms with van der Waals surface area (Å²) in [6, 6.07) is 7.23. The van der Waals surface area contributed by atoms with Crippen molar-refractivity contribution in [3.05, 3.63) is 40.9 Å². The first-order valence-electron chi connectivity index (χ1n) is 6.02. The number of hydrogen-bond acceptors (Lipinski definition) is 2. The number of anilines is 1. The lowest BCUT2D eigenvalue weighted by Crippen LogP contribution is -2.34. The summed E-state index contributed by atoms with van der Waals surface area (Å²) in [4.78, 5) is 23.3. The van der Waals surface area contributed by atoms with Crippen LogP contribution in [0.4, 0.5) is 5.69 Å². The molecule has 0 saturated heterocycles. The standard InChI is InChI=1S/C14H14BrNO3/c15-9-4-3-5-10(8-9)16-13(17)11-6-1-2-7-12(11)14(18)19/h1-5,8,11-12H,6-7H2,(H,16,17)(H,18,19)/t11-,12-/m0/s1. The number of carbonyl (C=O) groups is 2. The largest absolute Gasteiger partial charge is 0.481 e. The fourth-order valence-corrected chi connectivity index (χ4v) is 2.58. The predicted molar refractivity (Wildman–Crippen MR) is 75.8 cm³/mol. The number of carboxylic acid groups (broad SMARTS) is 1. The molecule has 2 atom stereocenters. The van der Waals surface area contributed by atoms with Crippen molar-refractivity contribution >= 4 is 33.5 Å². The highest BCUT2D eigenvalue weighted by Crippen LogP contribution is 2.27. The van der Waals surface area contributed by atoms with Crippen LogP contribution in [-0.4, -0.2) is 17.0 Å². The van der Waals surface area contributed by atoms with E-state index in [-0.39, 0.29) is 5.91 Å². The SMILES string of the molecule is O=C(O)[C@H]1CC=CC[C@@H]1C(=O)Nc1cccc(Br)c1. The summed E-state index contributed by atoms with van der Waals surface area (Å²) < 4.78 is 0.864. The molecule has 1 amide bonds. The van der Waals surface area contributed by atoms with Gasteiger partial charge in [0.15, 0.2) is 0 Å². The maximum absolute atomic E-state index is 12.2. The normalized spacial score (nSPS) is 21.9. The second-order valence-corrected chi connectivity index (χ2v) is 5.41. The van der Waals surface area contributed by atoms with Crippen molar-refractivity contribution in [1.29, 1.82) is 0 Å². The molecule has 0 aliphatic heterocycles. The van der Waals surface area contributed by atoms with Gasteiger partial charge >= 0.3 is 5.97 Å². The van der Waals surface area contributed by atoms with Gasteiger partial charge in [-0.1, -0.05) is 34.1 Å². The molecular formula is C14H14BrNO3. The number of nitrogens with one attached hydrogen (secondary N) is 1. The van der Waals surface area contributed by atoms with Gasteiger partial charge in [-0.25, -0.2) is 0 Å². The van der Waals surface area contributed by atoms with Crippen LogP contribution in [0.1, 0.15) is 12.8 Å². The van der Waals surface area contributed by atoms with Gasteiger partial charge in [0.25, 0.3) is 0 Å². The van der Waals surface area contributed by atoms with Crippen LogP contribution in [0, 0.1) is 11.8 Å². The minimum Gasteiger partial charge on any atom is -0.481 e. The molecular weight excluding hydrogens is 310 g/mol. The highest BCUT2D eigenvalue weighted by Gasteiger charge is 2.33. The van der Waals surface area contributed by atoms with Crippen molar-refractivity contribution in [1.82, 2.24) is 0 Å². The van der Waals surface area contributed by atoms with E-state index in [1.54, 1.807) is 12.1 Å². The second-order valence-electron chi connectivity index (χ2n) is 4.49. The first-order valence-corrected chi connectivity index (χ1v) is 6.81. The molecule has 0 bridgehead atoms. The molecule has 0 aromatic heterocycles. The van der Waals surface area contributed by atoms with E-state index >= 15 is 0 Å². The average molecular weight is 324 g/mol. The van der Waals surface area contributed by atoms with Crippen LogP contribution in [0.15, 0.2) is 40.9 Å². The van der Waals surface area contributed by atoms with Gasteiger partial charge in [-0.3, -0.25) is 9.59 Å². The van der Waals surface area contributed by atoms with Gasteiger partial charge in [0, 0.05) is 10.2 Å². The van der Waals surface area contributed by atoms with Crippen molar-refractivity contribution in [2.75, 3.05) is 5.32 Å². The molecule has 4 nitrogen and oxygen atoms in total. The maximum atomic E-state index is 12.2. The number of hydrogen-bond donors (Lipinski definition) is 2. The molecule has 5 heteroatoms. The Morgan fingerprint density at radius 3 is 2.53 bits per heavy atom. The van der Waals surface area contributed by atoms with Crippen LogP contribution in [-0.2, 0) is 9.59 Å². The zero-order valence-electron chi connectivity index (χ0n) is 10.2. The average Bonchev–Trinajstić information content (AvgIpc) is 2.38. The lowest BCUT2D eigenvalue weighted by atomic mass is 9.82. The van der Waals surface area contributed by atoms with E-state index < -0.39 is 17.8 Å². The van der Waals surface area contributed by atoms with E-state index in [1.165, 1.54) is 0 Å². The maximum Gasteiger partial charge on any atom is 0.307 e. The van der Waals surface area contributed by atoms with Gasteiger partial charge in [-0.2, -0.15) is 0 Å². The molecule has 1 aromatic rings. The number of halogens is 1. The molecule has 0 unspecified atom stereocenters. The lowest BCUT2D eigenvalue weighted by Gasteiger charge is -2.24. The molecule has 0 radical (unpaired) electrons. The highest BCUT2D eigenvalue weighted by atomic mass is 79.9. The molecule has 1 aromatic carbocycles. The van der Waals surface area contributed by atoms with Crippen LogP contribution >= 0.6 is 15.9 Å². The van der Waals surface area contributed by atoms with Gasteiger partial charge in [0.1, 0.15) is 0 Å². The summed E-state index contributed by atoms with van der Waals surface area (Å²) in [5.41, 5.74) is 0.665. The molecule has 1 aliphatic rings. The lowest BCUT2D eigenvalue weighted by molar-refractivity contribution is -0.146. The topological polar surface area (TPSA) is 66.4 Å². The van der Waals surface area contributed by atoms with E-state index in [1.807, 2.05) is 24.3 Å². The van der Waals surface area contributed by atoms with E-state index in [0.717, 1.165) is 4.47 Å². The Balaban J connectivity index is 2.10. The van der Waals surface area contributed by atoms with Crippen LogP contribution in [0.2, 0.25) is 0 Å². The number of allylic oxidation sites excluding steroid dienone is 2. The predicted octanol–water partition coefficient (Wildman–Crippen LogP) is 3.05. The molecule has 0 fully saturated rings. The van der Waals surface area contributed by atoms with Gasteiger partial charge < -0.3 is 10.4 Å². The summed E-state index contributed by atoms with van der Waals surface area (Å²) in [6.45, 7) is 0. The Kier molecular flexibility index (Phi) is 4.37. The Morgan fingerprint density at radius 1 is 1.21 bits per heavy atom. The van der Waals surface area contributed by atoms with E-state index in [4.69, 9.17) is 5.11 Å². The van der Waals surface area contributed by atoms with E-state index in [0.29, 0.717) is 18.5 Å². The quantitative estimate of drug-likeness (QED) is 0.840. The van der Waals surface area contributed by atoms with E-state index in [2.05, 4.69) is 21.2 Å². The zero-order chi connectivity index (χ0) is 13.8.